The topological polar surface area (TPSA) is 92.5 Å². The molecule has 0 saturated heterocycles. The molecule has 1 aromatic heterocycles. The zero-order valence-corrected chi connectivity index (χ0v) is 13.7. The van der Waals surface area contributed by atoms with Gasteiger partial charge in [-0.15, -0.1) is 0 Å². The monoisotopic (exact) mass is 333 g/mol. The Labute approximate surface area is 128 Å². The Kier molecular flexibility index (Phi) is 4.84. The van der Waals surface area contributed by atoms with E-state index in [-0.39, 0.29) is 20.9 Å². The third kappa shape index (κ3) is 3.04. The van der Waals surface area contributed by atoms with Crippen molar-refractivity contribution in [1.29, 1.82) is 0 Å². The largest absolute Gasteiger partial charge is 0.374 e. The second-order valence-electron chi connectivity index (χ2n) is 4.93. The van der Waals surface area contributed by atoms with Crippen LogP contribution in [0.2, 0.25) is 0 Å². The minimum Gasteiger partial charge on any atom is -0.374 e. The third-order valence-corrected chi connectivity index (χ3v) is 7.34. The van der Waals surface area contributed by atoms with Gasteiger partial charge < -0.3 is 5.32 Å². The molecule has 0 aromatic carbocycles. The van der Waals surface area contributed by atoms with Gasteiger partial charge in [-0.05, 0) is 12.8 Å². The number of nitrogens with zero attached hydrogens (tertiary/aromatic N) is 2. The molecular formula is C12H19N3O4S2. The number of nitrogens with one attached hydrogen (secondary N) is 1. The van der Waals surface area contributed by atoms with Gasteiger partial charge in [0, 0.05) is 25.7 Å². The molecule has 1 N–H and O–H groups in total. The predicted molar refractivity (Wildman–Crippen MR) is 82.3 cm³/mol. The van der Waals surface area contributed by atoms with E-state index in [0.29, 0.717) is 6.54 Å². The molecule has 118 valence electrons. The number of thiophene rings is 1. The van der Waals surface area contributed by atoms with Crippen LogP contribution in [0.3, 0.4) is 0 Å². The van der Waals surface area contributed by atoms with Gasteiger partial charge in [-0.2, -0.15) is 4.31 Å². The van der Waals surface area contributed by atoms with Gasteiger partial charge in [-0.3, -0.25) is 10.1 Å². The zero-order chi connectivity index (χ0) is 15.6. The Morgan fingerprint density at radius 3 is 2.52 bits per heavy atom. The fraction of sp³-hybridized carbons (Fsp3) is 0.667. The number of hydrogen-bond donors (Lipinski definition) is 1. The molecular weight excluding hydrogens is 314 g/mol. The molecule has 1 aromatic rings. The van der Waals surface area contributed by atoms with Crippen molar-refractivity contribution in [2.24, 2.45) is 0 Å². The summed E-state index contributed by atoms with van der Waals surface area (Å²) in [5.41, 5.74) is -0.191. The van der Waals surface area contributed by atoms with Gasteiger partial charge in [0.05, 0.1) is 4.92 Å². The fourth-order valence-corrected chi connectivity index (χ4v) is 5.84. The van der Waals surface area contributed by atoms with E-state index in [1.54, 1.807) is 14.0 Å². The average Bonchev–Trinajstić information content (AvgIpc) is 3.08. The highest BCUT2D eigenvalue weighted by atomic mass is 32.2. The number of anilines is 1. The fourth-order valence-electron chi connectivity index (χ4n) is 2.73. The molecule has 1 saturated carbocycles. The summed E-state index contributed by atoms with van der Waals surface area (Å²) in [7, 11) is -2.13. The Bertz CT molecular complexity index is 620. The van der Waals surface area contributed by atoms with Crippen molar-refractivity contribution in [3.8, 4) is 0 Å². The van der Waals surface area contributed by atoms with Crippen molar-refractivity contribution in [1.82, 2.24) is 4.31 Å². The van der Waals surface area contributed by atoms with E-state index < -0.39 is 14.9 Å². The van der Waals surface area contributed by atoms with Crippen molar-refractivity contribution in [2.75, 3.05) is 18.9 Å². The van der Waals surface area contributed by atoms with Crippen molar-refractivity contribution in [3.63, 3.8) is 0 Å². The lowest BCUT2D eigenvalue weighted by molar-refractivity contribution is -0.383. The Morgan fingerprint density at radius 1 is 1.48 bits per heavy atom. The van der Waals surface area contributed by atoms with E-state index in [4.69, 9.17) is 0 Å². The molecule has 2 rings (SSSR count). The normalized spacial score (nSPS) is 16.5. The van der Waals surface area contributed by atoms with Crippen LogP contribution in [0.4, 0.5) is 10.7 Å². The number of hydrogen-bond acceptors (Lipinski definition) is 6. The lowest BCUT2D eigenvalue weighted by atomic mass is 10.2. The van der Waals surface area contributed by atoms with E-state index in [0.717, 1.165) is 43.1 Å². The Morgan fingerprint density at radius 2 is 2.10 bits per heavy atom. The maximum atomic E-state index is 12.7. The van der Waals surface area contributed by atoms with Crippen LogP contribution in [0.25, 0.3) is 0 Å². The first-order valence-corrected chi connectivity index (χ1v) is 9.15. The van der Waals surface area contributed by atoms with Crippen LogP contribution in [0.1, 0.15) is 32.6 Å². The summed E-state index contributed by atoms with van der Waals surface area (Å²) >= 11 is 0.915. The first-order valence-electron chi connectivity index (χ1n) is 6.89. The maximum absolute atomic E-state index is 12.7. The third-order valence-electron chi connectivity index (χ3n) is 3.72. The van der Waals surface area contributed by atoms with Crippen molar-refractivity contribution >= 4 is 32.0 Å². The molecule has 0 amide bonds. The number of sulfonamides is 1. The molecule has 1 fully saturated rings. The lowest BCUT2D eigenvalue weighted by Gasteiger charge is -2.25. The van der Waals surface area contributed by atoms with Crippen LogP contribution < -0.4 is 5.32 Å². The second-order valence-corrected chi connectivity index (χ2v) is 8.10. The Hall–Kier alpha value is -1.19. The van der Waals surface area contributed by atoms with Crippen LogP contribution in [-0.2, 0) is 10.0 Å². The highest BCUT2D eigenvalue weighted by Gasteiger charge is 2.35. The molecule has 0 aliphatic heterocycles. The van der Waals surface area contributed by atoms with E-state index in [9.17, 15) is 18.5 Å². The molecule has 0 spiro atoms. The molecule has 0 unspecified atom stereocenters. The van der Waals surface area contributed by atoms with Crippen LogP contribution in [0, 0.1) is 10.1 Å². The molecule has 0 bridgehead atoms. The van der Waals surface area contributed by atoms with Crippen LogP contribution in [-0.4, -0.2) is 37.3 Å². The molecule has 1 aliphatic rings. The van der Waals surface area contributed by atoms with E-state index in [2.05, 4.69) is 5.32 Å². The van der Waals surface area contributed by atoms with E-state index in [1.165, 1.54) is 4.31 Å². The lowest BCUT2D eigenvalue weighted by Crippen LogP contribution is -2.38. The smallest absolute Gasteiger partial charge is 0.304 e. The van der Waals surface area contributed by atoms with Crippen LogP contribution >= 0.6 is 11.3 Å². The number of nitro groups is 1. The first-order chi connectivity index (χ1) is 9.91. The summed E-state index contributed by atoms with van der Waals surface area (Å²) < 4.78 is 27.0. The summed E-state index contributed by atoms with van der Waals surface area (Å²) in [5, 5.41) is 13.9. The summed E-state index contributed by atoms with van der Waals surface area (Å²) in [6.45, 7) is 2.18. The van der Waals surface area contributed by atoms with Crippen LogP contribution in [0.15, 0.2) is 10.3 Å². The highest BCUT2D eigenvalue weighted by Crippen LogP contribution is 2.39. The van der Waals surface area contributed by atoms with Gasteiger partial charge in [0.25, 0.3) is 10.0 Å². The summed E-state index contributed by atoms with van der Waals surface area (Å²) in [6, 6.07) is 1.17. The molecule has 9 heteroatoms. The second kappa shape index (κ2) is 6.29. The minimum atomic E-state index is -3.67. The summed E-state index contributed by atoms with van der Waals surface area (Å²) in [5.74, 6) is 0. The SMILES string of the molecule is CCN(C1CCCC1)S(=O)(=O)c1cc([N+](=O)[O-])c(NC)s1. The van der Waals surface area contributed by atoms with Crippen molar-refractivity contribution < 1.29 is 13.3 Å². The standard InChI is InChI=1S/C12H19N3O4S2/c1-3-14(9-6-4-5-7-9)21(18,19)11-8-10(15(16)17)12(13-2)20-11/h8-9,13H,3-7H2,1-2H3. The number of rotatable bonds is 6. The predicted octanol–water partition coefficient (Wildman–Crippen LogP) is 2.65. The van der Waals surface area contributed by atoms with Crippen LogP contribution in [0.5, 0.6) is 0 Å². The molecule has 21 heavy (non-hydrogen) atoms. The quantitative estimate of drug-likeness (QED) is 0.638. The molecule has 1 heterocycles. The summed E-state index contributed by atoms with van der Waals surface area (Å²) in [6.07, 6.45) is 3.78. The highest BCUT2D eigenvalue weighted by molar-refractivity contribution is 7.91. The van der Waals surface area contributed by atoms with Crippen molar-refractivity contribution in [2.45, 2.75) is 42.9 Å². The van der Waals surface area contributed by atoms with E-state index in [1.807, 2.05) is 0 Å². The van der Waals surface area contributed by atoms with Gasteiger partial charge in [-0.25, -0.2) is 8.42 Å². The average molecular weight is 333 g/mol. The maximum Gasteiger partial charge on any atom is 0.304 e. The minimum absolute atomic E-state index is 0.0131. The molecule has 0 atom stereocenters. The summed E-state index contributed by atoms with van der Waals surface area (Å²) in [4.78, 5) is 10.4. The molecule has 0 radical (unpaired) electrons. The van der Waals surface area contributed by atoms with Gasteiger partial charge in [0.2, 0.25) is 0 Å². The molecule has 1 aliphatic carbocycles. The Balaban J connectivity index is 2.40. The van der Waals surface area contributed by atoms with Gasteiger partial charge in [0.15, 0.2) is 5.00 Å². The van der Waals surface area contributed by atoms with Gasteiger partial charge in [0.1, 0.15) is 4.21 Å². The van der Waals surface area contributed by atoms with Gasteiger partial charge >= 0.3 is 5.69 Å². The van der Waals surface area contributed by atoms with Gasteiger partial charge in [-0.1, -0.05) is 31.1 Å². The zero-order valence-electron chi connectivity index (χ0n) is 12.0. The van der Waals surface area contributed by atoms with E-state index >= 15 is 0 Å². The molecule has 7 nitrogen and oxygen atoms in total. The first kappa shape index (κ1) is 16.2. The van der Waals surface area contributed by atoms with Crippen molar-refractivity contribution in [3.05, 3.63) is 16.2 Å².